The molecule has 2 rings (SSSR count). The summed E-state index contributed by atoms with van der Waals surface area (Å²) in [5.41, 5.74) is -0.456. The van der Waals surface area contributed by atoms with E-state index in [-0.39, 0.29) is 0 Å². The maximum absolute atomic E-state index is 11.2. The molecule has 0 atom stereocenters. The quantitative estimate of drug-likeness (QED) is 0.664. The van der Waals surface area contributed by atoms with Gasteiger partial charge in [-0.15, -0.1) is 0 Å². The number of hydrogen-bond donors (Lipinski definition) is 2. The fourth-order valence-corrected chi connectivity index (χ4v) is 2.94. The van der Waals surface area contributed by atoms with Crippen molar-refractivity contribution in [3.63, 3.8) is 0 Å². The van der Waals surface area contributed by atoms with E-state index >= 15 is 0 Å². The molecule has 0 aromatic rings. The largest absolute Gasteiger partial charge is 0.464 e. The summed E-state index contributed by atoms with van der Waals surface area (Å²) < 4.78 is 0. The summed E-state index contributed by atoms with van der Waals surface area (Å²) in [7, 11) is 0. The molecule has 1 heterocycles. The SMILES string of the molecule is O=C(O)N1CCC2(CCCCC2)N1C(=O)O. The Morgan fingerprint density at radius 2 is 1.56 bits per heavy atom. The molecule has 2 aliphatic rings. The van der Waals surface area contributed by atoms with Gasteiger partial charge in [0.1, 0.15) is 0 Å². The normalized spacial score (nSPS) is 23.8. The lowest BCUT2D eigenvalue weighted by atomic mass is 9.80. The average molecular weight is 228 g/mol. The molecule has 0 aromatic heterocycles. The van der Waals surface area contributed by atoms with E-state index < -0.39 is 17.7 Å². The predicted octanol–water partition coefficient (Wildman–Crippen LogP) is 1.97. The van der Waals surface area contributed by atoms with Gasteiger partial charge in [0.25, 0.3) is 0 Å². The monoisotopic (exact) mass is 228 g/mol. The van der Waals surface area contributed by atoms with Crippen LogP contribution in [0.5, 0.6) is 0 Å². The third-order valence-electron chi connectivity index (χ3n) is 3.67. The number of amides is 2. The van der Waals surface area contributed by atoms with E-state index in [4.69, 9.17) is 5.11 Å². The van der Waals surface area contributed by atoms with Crippen molar-refractivity contribution in [1.82, 2.24) is 10.0 Å². The van der Waals surface area contributed by atoms with Gasteiger partial charge in [0, 0.05) is 6.54 Å². The number of carbonyl (C=O) groups is 2. The molecule has 0 unspecified atom stereocenters. The zero-order chi connectivity index (χ0) is 11.8. The van der Waals surface area contributed by atoms with Crippen LogP contribution in [0.3, 0.4) is 0 Å². The van der Waals surface area contributed by atoms with Gasteiger partial charge >= 0.3 is 12.2 Å². The van der Waals surface area contributed by atoms with Crippen LogP contribution in [-0.4, -0.2) is 44.5 Å². The van der Waals surface area contributed by atoms with Gasteiger partial charge in [-0.05, 0) is 19.3 Å². The second-order valence-corrected chi connectivity index (χ2v) is 4.54. The second-order valence-electron chi connectivity index (χ2n) is 4.54. The first-order chi connectivity index (χ1) is 7.57. The van der Waals surface area contributed by atoms with Gasteiger partial charge in [0.2, 0.25) is 0 Å². The van der Waals surface area contributed by atoms with Crippen LogP contribution >= 0.6 is 0 Å². The van der Waals surface area contributed by atoms with E-state index in [2.05, 4.69) is 0 Å². The maximum Gasteiger partial charge on any atom is 0.427 e. The number of carboxylic acid groups (broad SMARTS) is 2. The van der Waals surface area contributed by atoms with E-state index in [1.54, 1.807) is 0 Å². The molecule has 1 saturated carbocycles. The highest BCUT2D eigenvalue weighted by Crippen LogP contribution is 2.41. The molecule has 6 nitrogen and oxygen atoms in total. The Balaban J connectivity index is 2.26. The Kier molecular flexibility index (Phi) is 2.65. The second kappa shape index (κ2) is 3.84. The molecular formula is C10H16N2O4. The number of hydrazine groups is 1. The molecule has 1 saturated heterocycles. The Morgan fingerprint density at radius 1 is 0.938 bits per heavy atom. The fraction of sp³-hybridized carbons (Fsp3) is 0.800. The summed E-state index contributed by atoms with van der Waals surface area (Å²) in [6, 6.07) is 0. The Bertz CT molecular complexity index is 312. The predicted molar refractivity (Wildman–Crippen MR) is 55.0 cm³/mol. The molecular weight excluding hydrogens is 212 g/mol. The Morgan fingerprint density at radius 3 is 2.06 bits per heavy atom. The minimum atomic E-state index is -1.18. The van der Waals surface area contributed by atoms with Gasteiger partial charge in [-0.2, -0.15) is 0 Å². The summed E-state index contributed by atoms with van der Waals surface area (Å²) in [6.07, 6.45) is 2.95. The first-order valence-electron chi connectivity index (χ1n) is 5.60. The third kappa shape index (κ3) is 1.58. The van der Waals surface area contributed by atoms with E-state index in [9.17, 15) is 14.7 Å². The van der Waals surface area contributed by atoms with Crippen molar-refractivity contribution in [2.45, 2.75) is 44.1 Å². The Labute approximate surface area is 93.4 Å². The first kappa shape index (κ1) is 11.0. The lowest BCUT2D eigenvalue weighted by Gasteiger charge is -2.40. The molecule has 2 fully saturated rings. The summed E-state index contributed by atoms with van der Waals surface area (Å²) in [5.74, 6) is 0. The molecule has 1 aliphatic heterocycles. The highest BCUT2D eigenvalue weighted by Gasteiger charge is 2.50. The van der Waals surface area contributed by atoms with Crippen molar-refractivity contribution in [2.75, 3.05) is 6.54 Å². The van der Waals surface area contributed by atoms with Crippen molar-refractivity contribution in [3.05, 3.63) is 0 Å². The summed E-state index contributed by atoms with van der Waals surface area (Å²) in [4.78, 5) is 22.2. The van der Waals surface area contributed by atoms with Gasteiger partial charge < -0.3 is 10.2 Å². The molecule has 0 radical (unpaired) electrons. The van der Waals surface area contributed by atoms with Gasteiger partial charge in [0.05, 0.1) is 5.54 Å². The Hall–Kier alpha value is -1.46. The molecule has 6 heteroatoms. The van der Waals surface area contributed by atoms with Crippen molar-refractivity contribution in [1.29, 1.82) is 0 Å². The zero-order valence-electron chi connectivity index (χ0n) is 9.06. The van der Waals surface area contributed by atoms with Crippen LogP contribution < -0.4 is 0 Å². The minimum Gasteiger partial charge on any atom is -0.464 e. The lowest BCUT2D eigenvalue weighted by molar-refractivity contribution is -0.0304. The molecule has 1 aliphatic carbocycles. The van der Waals surface area contributed by atoms with Gasteiger partial charge in [0.15, 0.2) is 0 Å². The number of nitrogens with zero attached hydrogens (tertiary/aromatic N) is 2. The third-order valence-corrected chi connectivity index (χ3v) is 3.67. The van der Waals surface area contributed by atoms with Gasteiger partial charge in [-0.1, -0.05) is 19.3 Å². The average Bonchev–Trinajstić information content (AvgIpc) is 2.58. The molecule has 2 amide bonds. The van der Waals surface area contributed by atoms with Crippen molar-refractivity contribution < 1.29 is 19.8 Å². The molecule has 16 heavy (non-hydrogen) atoms. The van der Waals surface area contributed by atoms with Crippen LogP contribution in [0.2, 0.25) is 0 Å². The lowest BCUT2D eigenvalue weighted by Crippen LogP contribution is -2.54. The molecule has 90 valence electrons. The van der Waals surface area contributed by atoms with Crippen molar-refractivity contribution >= 4 is 12.2 Å². The van der Waals surface area contributed by atoms with Gasteiger partial charge in [-0.25, -0.2) is 19.6 Å². The molecule has 2 N–H and O–H groups in total. The molecule has 1 spiro atoms. The van der Waals surface area contributed by atoms with Crippen LogP contribution in [0.4, 0.5) is 9.59 Å². The van der Waals surface area contributed by atoms with Crippen LogP contribution in [0, 0.1) is 0 Å². The topological polar surface area (TPSA) is 81.1 Å². The van der Waals surface area contributed by atoms with E-state index in [1.165, 1.54) is 0 Å². The van der Waals surface area contributed by atoms with Crippen LogP contribution in [0.15, 0.2) is 0 Å². The molecule has 0 bridgehead atoms. The molecule has 0 aromatic carbocycles. The van der Waals surface area contributed by atoms with E-state index in [0.29, 0.717) is 13.0 Å². The maximum atomic E-state index is 11.2. The standard InChI is InChI=1S/C10H16N2O4/c13-8(14)11-7-6-10(12(11)9(15)16)4-2-1-3-5-10/h1-7H2,(H,13,14)(H,15,16). The summed E-state index contributed by atoms with van der Waals surface area (Å²) >= 11 is 0. The van der Waals surface area contributed by atoms with Gasteiger partial charge in [-0.3, -0.25) is 0 Å². The highest BCUT2D eigenvalue weighted by molar-refractivity contribution is 5.73. The van der Waals surface area contributed by atoms with Crippen molar-refractivity contribution in [3.8, 4) is 0 Å². The zero-order valence-corrected chi connectivity index (χ0v) is 9.06. The summed E-state index contributed by atoms with van der Waals surface area (Å²) in [6.45, 7) is 0.293. The van der Waals surface area contributed by atoms with E-state index in [1.807, 2.05) is 0 Å². The smallest absolute Gasteiger partial charge is 0.427 e. The van der Waals surface area contributed by atoms with E-state index in [0.717, 1.165) is 42.1 Å². The highest BCUT2D eigenvalue weighted by atomic mass is 16.4. The first-order valence-corrected chi connectivity index (χ1v) is 5.60. The fourth-order valence-electron chi connectivity index (χ4n) is 2.94. The van der Waals surface area contributed by atoms with Crippen LogP contribution in [0.25, 0.3) is 0 Å². The number of rotatable bonds is 0. The van der Waals surface area contributed by atoms with Crippen molar-refractivity contribution in [2.24, 2.45) is 0 Å². The van der Waals surface area contributed by atoms with Crippen LogP contribution in [-0.2, 0) is 0 Å². The summed E-state index contributed by atoms with van der Waals surface area (Å²) in [5, 5.41) is 20.1. The number of hydrogen-bond acceptors (Lipinski definition) is 2. The minimum absolute atomic E-state index is 0.293. The van der Waals surface area contributed by atoms with Crippen LogP contribution in [0.1, 0.15) is 38.5 Å².